The summed E-state index contributed by atoms with van der Waals surface area (Å²) in [6.45, 7) is 8.67. The Hall–Kier alpha value is -0.610. The molecule has 0 amide bonds. The fourth-order valence-corrected chi connectivity index (χ4v) is 3.68. The lowest BCUT2D eigenvalue weighted by Gasteiger charge is -2.25. The molecule has 0 bridgehead atoms. The van der Waals surface area contributed by atoms with Gasteiger partial charge in [-0.3, -0.25) is 4.79 Å². The molecule has 0 aromatic rings. The number of esters is 1. The fourth-order valence-electron chi connectivity index (χ4n) is 3.68. The SMILES string of the molecule is C[C@H]1[C@@H](CC(=O)OC(C)(C)C)C[C@]2(CO)CCO[C@H]12. The maximum atomic E-state index is 11.9. The molecule has 4 atom stereocenters. The predicted molar refractivity (Wildman–Crippen MR) is 71.6 cm³/mol. The van der Waals surface area contributed by atoms with E-state index in [2.05, 4.69) is 6.92 Å². The number of hydrogen-bond donors (Lipinski definition) is 1. The molecule has 19 heavy (non-hydrogen) atoms. The lowest BCUT2D eigenvalue weighted by molar-refractivity contribution is -0.156. The number of ether oxygens (including phenoxy) is 2. The minimum absolute atomic E-state index is 0.102. The second-order valence-electron chi connectivity index (χ2n) is 7.18. The van der Waals surface area contributed by atoms with Crippen molar-refractivity contribution in [1.29, 1.82) is 0 Å². The first-order valence-corrected chi connectivity index (χ1v) is 7.22. The Bertz CT molecular complexity index is 347. The number of fused-ring (bicyclic) bond motifs is 1. The van der Waals surface area contributed by atoms with Crippen LogP contribution in [0.2, 0.25) is 0 Å². The van der Waals surface area contributed by atoms with E-state index in [4.69, 9.17) is 9.47 Å². The van der Waals surface area contributed by atoms with Gasteiger partial charge in [0.2, 0.25) is 0 Å². The summed E-state index contributed by atoms with van der Waals surface area (Å²) in [5, 5.41) is 9.69. The summed E-state index contributed by atoms with van der Waals surface area (Å²) in [6, 6.07) is 0. The van der Waals surface area contributed by atoms with Gasteiger partial charge in [0, 0.05) is 18.4 Å². The molecular weight excluding hydrogens is 244 g/mol. The van der Waals surface area contributed by atoms with Crippen molar-refractivity contribution < 1.29 is 19.4 Å². The van der Waals surface area contributed by atoms with Gasteiger partial charge in [-0.1, -0.05) is 6.92 Å². The Morgan fingerprint density at radius 2 is 2.16 bits per heavy atom. The van der Waals surface area contributed by atoms with Crippen LogP contribution in [0.4, 0.5) is 0 Å². The molecule has 0 radical (unpaired) electrons. The Balaban J connectivity index is 1.98. The first-order chi connectivity index (χ1) is 8.77. The van der Waals surface area contributed by atoms with Crippen LogP contribution in [-0.2, 0) is 14.3 Å². The summed E-state index contributed by atoms with van der Waals surface area (Å²) < 4.78 is 11.2. The van der Waals surface area contributed by atoms with E-state index in [1.54, 1.807) is 0 Å². The Morgan fingerprint density at radius 3 is 2.68 bits per heavy atom. The van der Waals surface area contributed by atoms with E-state index in [1.165, 1.54) is 0 Å². The summed E-state index contributed by atoms with van der Waals surface area (Å²) in [7, 11) is 0. The summed E-state index contributed by atoms with van der Waals surface area (Å²) in [6.07, 6.45) is 2.31. The highest BCUT2D eigenvalue weighted by atomic mass is 16.6. The van der Waals surface area contributed by atoms with Crippen LogP contribution in [0, 0.1) is 17.3 Å². The van der Waals surface area contributed by atoms with Crippen molar-refractivity contribution >= 4 is 5.97 Å². The van der Waals surface area contributed by atoms with Gasteiger partial charge in [-0.05, 0) is 45.4 Å². The van der Waals surface area contributed by atoms with E-state index in [0.717, 1.165) is 19.4 Å². The minimum atomic E-state index is -0.431. The lowest BCUT2D eigenvalue weighted by Crippen LogP contribution is -2.31. The van der Waals surface area contributed by atoms with Gasteiger partial charge < -0.3 is 14.6 Å². The van der Waals surface area contributed by atoms with E-state index in [-0.39, 0.29) is 30.0 Å². The summed E-state index contributed by atoms with van der Waals surface area (Å²) in [5.74, 6) is 0.423. The van der Waals surface area contributed by atoms with E-state index in [1.807, 2.05) is 20.8 Å². The minimum Gasteiger partial charge on any atom is -0.460 e. The van der Waals surface area contributed by atoms with E-state index >= 15 is 0 Å². The van der Waals surface area contributed by atoms with Crippen molar-refractivity contribution in [2.75, 3.05) is 13.2 Å². The molecule has 2 fully saturated rings. The third-order valence-electron chi connectivity index (χ3n) is 4.55. The molecule has 110 valence electrons. The Morgan fingerprint density at radius 1 is 1.47 bits per heavy atom. The van der Waals surface area contributed by atoms with Crippen molar-refractivity contribution in [3.8, 4) is 0 Å². The van der Waals surface area contributed by atoms with E-state index < -0.39 is 5.60 Å². The van der Waals surface area contributed by atoms with Gasteiger partial charge in [0.25, 0.3) is 0 Å². The second-order valence-corrected chi connectivity index (χ2v) is 7.18. The highest BCUT2D eigenvalue weighted by Gasteiger charge is 2.55. The summed E-state index contributed by atoms with van der Waals surface area (Å²) in [4.78, 5) is 11.9. The molecule has 1 N–H and O–H groups in total. The summed E-state index contributed by atoms with van der Waals surface area (Å²) in [5.41, 5.74) is -0.550. The van der Waals surface area contributed by atoms with Crippen LogP contribution in [0.5, 0.6) is 0 Å². The first-order valence-electron chi connectivity index (χ1n) is 7.22. The van der Waals surface area contributed by atoms with Crippen LogP contribution in [0.25, 0.3) is 0 Å². The zero-order chi connectivity index (χ0) is 14.3. The Kier molecular flexibility index (Phi) is 3.94. The molecule has 4 nitrogen and oxygen atoms in total. The molecule has 2 aliphatic rings. The highest BCUT2D eigenvalue weighted by molar-refractivity contribution is 5.70. The smallest absolute Gasteiger partial charge is 0.306 e. The zero-order valence-electron chi connectivity index (χ0n) is 12.4. The molecule has 1 saturated carbocycles. The average molecular weight is 270 g/mol. The number of aliphatic hydroxyl groups is 1. The highest BCUT2D eigenvalue weighted by Crippen LogP contribution is 2.53. The monoisotopic (exact) mass is 270 g/mol. The maximum Gasteiger partial charge on any atom is 0.306 e. The Labute approximate surface area is 115 Å². The molecule has 2 rings (SSSR count). The third kappa shape index (κ3) is 2.95. The van der Waals surface area contributed by atoms with Crippen LogP contribution in [0.3, 0.4) is 0 Å². The topological polar surface area (TPSA) is 55.8 Å². The van der Waals surface area contributed by atoms with Crippen LogP contribution >= 0.6 is 0 Å². The maximum absolute atomic E-state index is 11.9. The van der Waals surface area contributed by atoms with Crippen LogP contribution in [0.1, 0.15) is 47.0 Å². The van der Waals surface area contributed by atoms with Crippen LogP contribution < -0.4 is 0 Å². The number of carbonyl (C=O) groups is 1. The van der Waals surface area contributed by atoms with Gasteiger partial charge in [-0.25, -0.2) is 0 Å². The van der Waals surface area contributed by atoms with Gasteiger partial charge >= 0.3 is 5.97 Å². The molecular formula is C15H26O4. The van der Waals surface area contributed by atoms with Crippen LogP contribution in [0.15, 0.2) is 0 Å². The number of carbonyl (C=O) groups excluding carboxylic acids is 1. The quantitative estimate of drug-likeness (QED) is 0.798. The third-order valence-corrected chi connectivity index (χ3v) is 4.55. The molecule has 0 unspecified atom stereocenters. The molecule has 1 aliphatic heterocycles. The standard InChI is InChI=1S/C15H26O4/c1-10-11(7-12(17)19-14(2,3)4)8-15(9-16)5-6-18-13(10)15/h10-11,13,16H,5-9H2,1-4H3/t10-,11-,13+,15-/m0/s1. The van der Waals surface area contributed by atoms with E-state index in [9.17, 15) is 9.90 Å². The van der Waals surface area contributed by atoms with Gasteiger partial charge in [-0.15, -0.1) is 0 Å². The first kappa shape index (κ1) is 14.8. The number of aliphatic hydroxyl groups excluding tert-OH is 1. The van der Waals surface area contributed by atoms with Gasteiger partial charge in [0.1, 0.15) is 5.60 Å². The normalized spacial score (nSPS) is 38.3. The predicted octanol–water partition coefficient (Wildman–Crippen LogP) is 2.14. The van der Waals surface area contributed by atoms with Gasteiger partial charge in [0.15, 0.2) is 0 Å². The molecule has 0 aromatic heterocycles. The van der Waals surface area contributed by atoms with Crippen LogP contribution in [-0.4, -0.2) is 36.0 Å². The molecule has 1 aliphatic carbocycles. The van der Waals surface area contributed by atoms with Crippen molar-refractivity contribution in [3.63, 3.8) is 0 Å². The number of rotatable bonds is 3. The van der Waals surface area contributed by atoms with Crippen molar-refractivity contribution in [3.05, 3.63) is 0 Å². The van der Waals surface area contributed by atoms with E-state index in [0.29, 0.717) is 12.3 Å². The number of hydrogen-bond acceptors (Lipinski definition) is 4. The summed E-state index contributed by atoms with van der Waals surface area (Å²) >= 11 is 0. The van der Waals surface area contributed by atoms with Gasteiger partial charge in [0.05, 0.1) is 12.7 Å². The molecule has 1 saturated heterocycles. The van der Waals surface area contributed by atoms with Crippen molar-refractivity contribution in [2.45, 2.75) is 58.7 Å². The molecule has 4 heteroatoms. The lowest BCUT2D eigenvalue weighted by atomic mass is 9.82. The zero-order valence-corrected chi connectivity index (χ0v) is 12.4. The van der Waals surface area contributed by atoms with Crippen molar-refractivity contribution in [1.82, 2.24) is 0 Å². The van der Waals surface area contributed by atoms with Gasteiger partial charge in [-0.2, -0.15) is 0 Å². The average Bonchev–Trinajstić information content (AvgIpc) is 2.77. The fraction of sp³-hybridized carbons (Fsp3) is 0.933. The second kappa shape index (κ2) is 5.06. The van der Waals surface area contributed by atoms with Crippen molar-refractivity contribution in [2.24, 2.45) is 17.3 Å². The largest absolute Gasteiger partial charge is 0.460 e. The molecule has 0 spiro atoms. The molecule has 1 heterocycles. The molecule has 0 aromatic carbocycles.